The predicted molar refractivity (Wildman–Crippen MR) is 191 cm³/mol. The van der Waals surface area contributed by atoms with Crippen molar-refractivity contribution in [3.05, 3.63) is 0 Å². The summed E-state index contributed by atoms with van der Waals surface area (Å²) in [6, 6.07) is -3.19. The van der Waals surface area contributed by atoms with Gasteiger partial charge in [0, 0.05) is 12.6 Å². The normalized spacial score (nSPS) is 32.5. The van der Waals surface area contributed by atoms with Crippen molar-refractivity contribution in [3.8, 4) is 0 Å². The second kappa shape index (κ2) is 13.6. The Labute approximate surface area is 303 Å². The number of carbonyl (C=O) groups is 5. The summed E-state index contributed by atoms with van der Waals surface area (Å²) >= 11 is 0. The highest BCUT2D eigenvalue weighted by Gasteiger charge is 2.70. The second-order valence-electron chi connectivity index (χ2n) is 18.2. The predicted octanol–water partition coefficient (Wildman–Crippen LogP) is 3.52. The summed E-state index contributed by atoms with van der Waals surface area (Å²) in [5, 5.41) is 11.3. The number of hydrogen-bond acceptors (Lipinski definition) is 7. The molecule has 51 heavy (non-hydrogen) atoms. The number of hydrogen-bond donors (Lipinski definition) is 4. The van der Waals surface area contributed by atoms with Gasteiger partial charge in [0.1, 0.15) is 12.1 Å². The van der Waals surface area contributed by atoms with E-state index in [2.05, 4.69) is 35.1 Å². The number of urea groups is 1. The van der Waals surface area contributed by atoms with Gasteiger partial charge in [-0.05, 0) is 86.4 Å². The molecule has 12 nitrogen and oxygen atoms in total. The smallest absolute Gasteiger partial charge is 0.315 e. The van der Waals surface area contributed by atoms with Crippen LogP contribution in [-0.4, -0.2) is 90.1 Å². The lowest BCUT2D eigenvalue weighted by Gasteiger charge is -2.45. The molecule has 0 aromatic carbocycles. The second-order valence-corrected chi connectivity index (χ2v) is 20.5. The Balaban J connectivity index is 1.13. The van der Waals surface area contributed by atoms with Gasteiger partial charge in [0.15, 0.2) is 9.84 Å². The number of Topliss-reactive ketones (excluding diaryl/α,β-unsaturated/α-hetero) is 1. The summed E-state index contributed by atoms with van der Waals surface area (Å²) in [7, 11) is -3.35. The fourth-order valence-corrected chi connectivity index (χ4v) is 12.9. The van der Waals surface area contributed by atoms with Gasteiger partial charge in [-0.15, -0.1) is 0 Å². The van der Waals surface area contributed by atoms with Crippen LogP contribution in [0.5, 0.6) is 0 Å². The van der Waals surface area contributed by atoms with E-state index in [1.807, 2.05) is 6.92 Å². The SMILES string of the molecule is CC1([C@H](NC(=O)NC2(C3CCCS3(=O)=O)CCCCC2)C(=O)N2C[C@H]3[C@@H]([C@H]2C(=O)NC(CC2CC2)C(=O)C(=O)NC2CC2)C3(C)C)CCCCC1. The zero-order chi connectivity index (χ0) is 36.3. The van der Waals surface area contributed by atoms with E-state index in [0.717, 1.165) is 77.0 Å². The van der Waals surface area contributed by atoms with E-state index in [1.54, 1.807) is 4.90 Å². The van der Waals surface area contributed by atoms with E-state index in [-0.39, 0.29) is 40.9 Å². The third-order valence-corrected chi connectivity index (χ3v) is 16.5. The molecule has 0 aromatic heterocycles. The lowest BCUT2D eigenvalue weighted by Crippen LogP contribution is -2.66. The summed E-state index contributed by atoms with van der Waals surface area (Å²) in [4.78, 5) is 71.2. The molecule has 284 valence electrons. The molecule has 0 bridgehead atoms. The Morgan fingerprint density at radius 1 is 0.804 bits per heavy atom. The first-order valence-electron chi connectivity index (χ1n) is 19.9. The molecule has 2 unspecified atom stereocenters. The van der Waals surface area contributed by atoms with E-state index < -0.39 is 67.8 Å². The van der Waals surface area contributed by atoms with Crippen LogP contribution in [0.15, 0.2) is 0 Å². The van der Waals surface area contributed by atoms with E-state index in [1.165, 1.54) is 0 Å². The highest BCUT2D eigenvalue weighted by molar-refractivity contribution is 7.92. The molecule has 2 heterocycles. The number of nitrogens with one attached hydrogen (secondary N) is 4. The number of likely N-dealkylation sites (tertiary alicyclic amines) is 1. The summed E-state index contributed by atoms with van der Waals surface area (Å²) < 4.78 is 26.4. The number of rotatable bonds is 12. The van der Waals surface area contributed by atoms with Crippen molar-refractivity contribution in [2.45, 2.75) is 165 Å². The number of piperidine rings is 1. The molecule has 0 spiro atoms. The van der Waals surface area contributed by atoms with Crippen molar-refractivity contribution in [2.75, 3.05) is 12.3 Å². The van der Waals surface area contributed by atoms with Crippen LogP contribution in [0.2, 0.25) is 0 Å². The van der Waals surface area contributed by atoms with Gasteiger partial charge in [-0.3, -0.25) is 19.2 Å². The van der Waals surface area contributed by atoms with Crippen LogP contribution < -0.4 is 21.3 Å². The fraction of sp³-hybridized carbons (Fsp3) is 0.868. The molecular formula is C38H59N5O7S. The maximum Gasteiger partial charge on any atom is 0.315 e. The molecule has 5 saturated carbocycles. The molecule has 0 aromatic rings. The third kappa shape index (κ3) is 7.30. The number of fused-ring (bicyclic) bond motifs is 1. The van der Waals surface area contributed by atoms with Gasteiger partial charge in [0.2, 0.25) is 17.6 Å². The van der Waals surface area contributed by atoms with Crippen LogP contribution in [0.1, 0.15) is 130 Å². The first kappa shape index (κ1) is 36.6. The lowest BCUT2D eigenvalue weighted by molar-refractivity contribution is -0.146. The first-order valence-corrected chi connectivity index (χ1v) is 21.6. The molecule has 13 heteroatoms. The topological polar surface area (TPSA) is 171 Å². The van der Waals surface area contributed by atoms with Crippen LogP contribution in [-0.2, 0) is 29.0 Å². The molecule has 6 atom stereocenters. The van der Waals surface area contributed by atoms with Gasteiger partial charge in [0.25, 0.3) is 5.91 Å². The Morgan fingerprint density at radius 2 is 1.45 bits per heavy atom. The molecule has 7 aliphatic rings. The number of ketones is 1. The molecule has 7 rings (SSSR count). The molecule has 7 fully saturated rings. The maximum absolute atomic E-state index is 14.9. The molecule has 2 saturated heterocycles. The van der Waals surface area contributed by atoms with E-state index in [4.69, 9.17) is 0 Å². The lowest BCUT2D eigenvalue weighted by atomic mass is 9.70. The van der Waals surface area contributed by atoms with Gasteiger partial charge >= 0.3 is 6.03 Å². The van der Waals surface area contributed by atoms with Gasteiger partial charge in [-0.1, -0.05) is 72.1 Å². The number of amides is 5. The average Bonchev–Trinajstić information content (AvgIpc) is 4.05. The summed E-state index contributed by atoms with van der Waals surface area (Å²) in [6.45, 7) is 6.63. The van der Waals surface area contributed by atoms with Crippen LogP contribution in [0, 0.1) is 28.6 Å². The van der Waals surface area contributed by atoms with E-state index in [9.17, 15) is 32.4 Å². The third-order valence-electron chi connectivity index (χ3n) is 14.1. The molecule has 5 aliphatic carbocycles. The minimum absolute atomic E-state index is 0.0213. The van der Waals surface area contributed by atoms with Crippen LogP contribution in [0.3, 0.4) is 0 Å². The largest absolute Gasteiger partial charge is 0.347 e. The molecule has 5 amide bonds. The minimum Gasteiger partial charge on any atom is -0.347 e. The summed E-state index contributed by atoms with van der Waals surface area (Å²) in [6.07, 6.45) is 13.3. The zero-order valence-corrected chi connectivity index (χ0v) is 31.6. The van der Waals surface area contributed by atoms with Crippen molar-refractivity contribution in [3.63, 3.8) is 0 Å². The molecular weight excluding hydrogens is 671 g/mol. The minimum atomic E-state index is -3.35. The molecule has 4 N–H and O–H groups in total. The summed E-state index contributed by atoms with van der Waals surface area (Å²) in [5.74, 6) is -1.60. The van der Waals surface area contributed by atoms with E-state index >= 15 is 0 Å². The number of nitrogens with zero attached hydrogens (tertiary/aromatic N) is 1. The highest BCUT2D eigenvalue weighted by atomic mass is 32.2. The van der Waals surface area contributed by atoms with Gasteiger partial charge in [-0.2, -0.15) is 0 Å². The monoisotopic (exact) mass is 729 g/mol. The quantitative estimate of drug-likeness (QED) is 0.223. The van der Waals surface area contributed by atoms with Crippen molar-refractivity contribution < 1.29 is 32.4 Å². The highest BCUT2D eigenvalue weighted by Crippen LogP contribution is 2.65. The Bertz CT molecular complexity index is 1530. The van der Waals surface area contributed by atoms with Gasteiger partial charge < -0.3 is 26.2 Å². The van der Waals surface area contributed by atoms with Crippen molar-refractivity contribution in [2.24, 2.45) is 28.6 Å². The average molecular weight is 730 g/mol. The van der Waals surface area contributed by atoms with Crippen LogP contribution in [0.25, 0.3) is 0 Å². The Morgan fingerprint density at radius 3 is 2.04 bits per heavy atom. The maximum atomic E-state index is 14.9. The molecule has 2 aliphatic heterocycles. The van der Waals surface area contributed by atoms with Gasteiger partial charge in [-0.25, -0.2) is 13.2 Å². The van der Waals surface area contributed by atoms with Crippen molar-refractivity contribution >= 4 is 39.4 Å². The van der Waals surface area contributed by atoms with Crippen LogP contribution >= 0.6 is 0 Å². The van der Waals surface area contributed by atoms with Crippen molar-refractivity contribution in [1.82, 2.24) is 26.2 Å². The first-order chi connectivity index (χ1) is 24.2. The zero-order valence-electron chi connectivity index (χ0n) is 30.8. The fourth-order valence-electron chi connectivity index (χ4n) is 10.5. The summed E-state index contributed by atoms with van der Waals surface area (Å²) in [5.41, 5.74) is -1.59. The van der Waals surface area contributed by atoms with E-state index in [0.29, 0.717) is 38.6 Å². The standard InChI is InChI=1S/C38H59N5O7S/c1-36(2)25-22-43(29(28(25)36)32(45)40-26(21-23-12-13-23)30(44)33(46)39-24-14-15-24)34(47)31(37(3)16-6-4-7-17-37)41-35(48)42-38(18-8-5-9-19-38)27-11-10-20-51(27,49)50/h23-29,31H,4-22H2,1-3H3,(H,39,46)(H,40,45)(H2,41,42,48)/t25-,26?,27?,28-,29-,31+/m0/s1. The van der Waals surface area contributed by atoms with Crippen molar-refractivity contribution in [1.29, 1.82) is 0 Å². The number of sulfone groups is 1. The number of carbonyl (C=O) groups excluding carboxylic acids is 5. The van der Waals surface area contributed by atoms with Crippen LogP contribution in [0.4, 0.5) is 4.79 Å². The molecule has 0 radical (unpaired) electrons. The van der Waals surface area contributed by atoms with Gasteiger partial charge in [0.05, 0.1) is 22.6 Å². The Hall–Kier alpha value is -2.70. The Kier molecular flexibility index (Phi) is 9.78.